The van der Waals surface area contributed by atoms with Crippen molar-refractivity contribution in [1.29, 1.82) is 0 Å². The monoisotopic (exact) mass is 273 g/mol. The lowest BCUT2D eigenvalue weighted by molar-refractivity contribution is -0.121. The van der Waals surface area contributed by atoms with E-state index in [9.17, 15) is 4.79 Å². The van der Waals surface area contributed by atoms with E-state index >= 15 is 0 Å². The molecule has 1 amide bonds. The summed E-state index contributed by atoms with van der Waals surface area (Å²) in [5.41, 5.74) is 2.83. The van der Waals surface area contributed by atoms with E-state index in [4.69, 9.17) is 0 Å². The molecule has 1 aromatic carbocycles. The largest absolute Gasteiger partial charge is 0.326 e. The predicted octanol–water partition coefficient (Wildman–Crippen LogP) is 2.28. The van der Waals surface area contributed by atoms with Crippen LogP contribution in [0.2, 0.25) is 0 Å². The maximum Gasteiger partial charge on any atom is 0.230 e. The third kappa shape index (κ3) is 2.67. The lowest BCUT2D eigenvalue weighted by atomic mass is 10.0. The topological polar surface area (TPSA) is 54.0 Å². The van der Waals surface area contributed by atoms with Gasteiger partial charge in [0.15, 0.2) is 0 Å². The highest BCUT2D eigenvalue weighted by Crippen LogP contribution is 2.24. The van der Waals surface area contributed by atoms with Crippen LogP contribution in [0.5, 0.6) is 0 Å². The van der Waals surface area contributed by atoms with Crippen molar-refractivity contribution in [3.63, 3.8) is 0 Å². The molecule has 2 aromatic rings. The number of anilines is 1. The van der Waals surface area contributed by atoms with Crippen LogP contribution in [0.4, 0.5) is 5.69 Å². The van der Waals surface area contributed by atoms with Crippen molar-refractivity contribution in [2.45, 2.75) is 6.92 Å². The highest BCUT2D eigenvalue weighted by Gasteiger charge is 2.24. The fraction of sp³-hybridized carbons (Fsp3) is 0.286. The minimum atomic E-state index is 0.0883. The molecule has 0 atom stereocenters. The van der Waals surface area contributed by atoms with E-state index in [2.05, 4.69) is 15.6 Å². The zero-order valence-corrected chi connectivity index (χ0v) is 11.5. The van der Waals surface area contributed by atoms with E-state index in [1.165, 1.54) is 0 Å². The summed E-state index contributed by atoms with van der Waals surface area (Å²) >= 11 is 1.63. The Morgan fingerprint density at radius 2 is 2.32 bits per heavy atom. The van der Waals surface area contributed by atoms with Crippen molar-refractivity contribution >= 4 is 22.9 Å². The highest BCUT2D eigenvalue weighted by atomic mass is 32.1. The van der Waals surface area contributed by atoms with Gasteiger partial charge in [-0.1, -0.05) is 12.1 Å². The van der Waals surface area contributed by atoms with Gasteiger partial charge >= 0.3 is 0 Å². The fourth-order valence-corrected chi connectivity index (χ4v) is 2.59. The molecular formula is C14H15N3OS. The Morgan fingerprint density at radius 3 is 2.95 bits per heavy atom. The predicted molar refractivity (Wildman–Crippen MR) is 77.3 cm³/mol. The quantitative estimate of drug-likeness (QED) is 0.902. The maximum atomic E-state index is 11.9. The van der Waals surface area contributed by atoms with E-state index < -0.39 is 0 Å². The molecule has 4 nitrogen and oxygen atoms in total. The van der Waals surface area contributed by atoms with Gasteiger partial charge in [0.1, 0.15) is 0 Å². The van der Waals surface area contributed by atoms with Gasteiger partial charge in [-0.05, 0) is 19.1 Å². The first-order chi connectivity index (χ1) is 9.22. The van der Waals surface area contributed by atoms with Gasteiger partial charge in [-0.15, -0.1) is 11.3 Å². The molecule has 0 bridgehead atoms. The van der Waals surface area contributed by atoms with Crippen molar-refractivity contribution in [2.24, 2.45) is 5.92 Å². The maximum absolute atomic E-state index is 11.9. The van der Waals surface area contributed by atoms with Gasteiger partial charge in [-0.3, -0.25) is 4.79 Å². The fourth-order valence-electron chi connectivity index (χ4n) is 1.97. The molecule has 1 fully saturated rings. The molecule has 2 heterocycles. The Hall–Kier alpha value is -1.72. The summed E-state index contributed by atoms with van der Waals surface area (Å²) in [6.45, 7) is 3.54. The third-order valence-corrected chi connectivity index (χ3v) is 3.97. The SMILES string of the molecule is Cc1nc(-c2cccc(NC(=O)C3CNC3)c2)cs1. The number of nitrogens with one attached hydrogen (secondary N) is 2. The average Bonchev–Trinajstić information content (AvgIpc) is 2.74. The number of aryl methyl sites for hydroxylation is 1. The molecule has 0 saturated carbocycles. The number of nitrogens with zero attached hydrogens (tertiary/aromatic N) is 1. The normalized spacial score (nSPS) is 15.0. The number of aromatic nitrogens is 1. The molecule has 3 rings (SSSR count). The zero-order valence-electron chi connectivity index (χ0n) is 10.6. The third-order valence-electron chi connectivity index (χ3n) is 3.20. The van der Waals surface area contributed by atoms with Crippen LogP contribution < -0.4 is 10.6 Å². The molecule has 19 heavy (non-hydrogen) atoms. The van der Waals surface area contributed by atoms with E-state index in [0.29, 0.717) is 0 Å². The first-order valence-electron chi connectivity index (χ1n) is 6.26. The molecule has 1 aliphatic heterocycles. The van der Waals surface area contributed by atoms with Crippen LogP contribution in [-0.4, -0.2) is 24.0 Å². The smallest absolute Gasteiger partial charge is 0.230 e. The van der Waals surface area contributed by atoms with Crippen LogP contribution in [0, 0.1) is 12.8 Å². The summed E-state index contributed by atoms with van der Waals surface area (Å²) in [6.07, 6.45) is 0. The summed E-state index contributed by atoms with van der Waals surface area (Å²) in [5.74, 6) is 0.190. The van der Waals surface area contributed by atoms with Gasteiger partial charge in [0.25, 0.3) is 0 Å². The number of hydrogen-bond donors (Lipinski definition) is 2. The van der Waals surface area contributed by atoms with Gasteiger partial charge in [0, 0.05) is 29.7 Å². The van der Waals surface area contributed by atoms with E-state index in [1.807, 2.05) is 36.6 Å². The van der Waals surface area contributed by atoms with Crippen LogP contribution >= 0.6 is 11.3 Å². The van der Waals surface area contributed by atoms with E-state index in [-0.39, 0.29) is 11.8 Å². The summed E-state index contributed by atoms with van der Waals surface area (Å²) in [6, 6.07) is 7.83. The number of carbonyl (C=O) groups excluding carboxylic acids is 1. The van der Waals surface area contributed by atoms with Gasteiger partial charge < -0.3 is 10.6 Å². The lowest BCUT2D eigenvalue weighted by Gasteiger charge is -2.25. The second-order valence-electron chi connectivity index (χ2n) is 4.68. The molecule has 0 spiro atoms. The lowest BCUT2D eigenvalue weighted by Crippen LogP contribution is -2.48. The van der Waals surface area contributed by atoms with Gasteiger partial charge in [-0.25, -0.2) is 4.98 Å². The average molecular weight is 273 g/mol. The summed E-state index contributed by atoms with van der Waals surface area (Å²) < 4.78 is 0. The number of carbonyl (C=O) groups is 1. The standard InChI is InChI=1S/C14H15N3OS/c1-9-16-13(8-19-9)10-3-2-4-12(5-10)17-14(18)11-6-15-7-11/h2-5,8,11,15H,6-7H2,1H3,(H,17,18). The molecule has 0 radical (unpaired) electrons. The van der Waals surface area contributed by atoms with Gasteiger partial charge in [0.05, 0.1) is 16.6 Å². The molecule has 0 unspecified atom stereocenters. The van der Waals surface area contributed by atoms with E-state index in [0.717, 1.165) is 35.0 Å². The minimum absolute atomic E-state index is 0.0883. The summed E-state index contributed by atoms with van der Waals surface area (Å²) in [4.78, 5) is 16.3. The van der Waals surface area contributed by atoms with Crippen LogP contribution in [0.3, 0.4) is 0 Å². The number of amides is 1. The molecule has 5 heteroatoms. The Labute approximate surface area is 115 Å². The van der Waals surface area contributed by atoms with Crippen molar-refractivity contribution in [3.8, 4) is 11.3 Å². The van der Waals surface area contributed by atoms with E-state index in [1.54, 1.807) is 11.3 Å². The Kier molecular flexibility index (Phi) is 3.31. The first-order valence-corrected chi connectivity index (χ1v) is 7.14. The molecule has 1 aliphatic rings. The minimum Gasteiger partial charge on any atom is -0.326 e. The van der Waals surface area contributed by atoms with Crippen LogP contribution in [0.15, 0.2) is 29.6 Å². The second kappa shape index (κ2) is 5.11. The Bertz CT molecular complexity index is 604. The van der Waals surface area contributed by atoms with Crippen LogP contribution in [0.1, 0.15) is 5.01 Å². The molecule has 1 aromatic heterocycles. The number of thiazole rings is 1. The van der Waals surface area contributed by atoms with Crippen LogP contribution in [-0.2, 0) is 4.79 Å². The number of benzene rings is 1. The highest BCUT2D eigenvalue weighted by molar-refractivity contribution is 7.09. The Balaban J connectivity index is 1.77. The summed E-state index contributed by atoms with van der Waals surface area (Å²) in [7, 11) is 0. The molecule has 2 N–H and O–H groups in total. The molecular weight excluding hydrogens is 258 g/mol. The summed E-state index contributed by atoms with van der Waals surface area (Å²) in [5, 5.41) is 9.14. The number of rotatable bonds is 3. The molecule has 1 saturated heterocycles. The van der Waals surface area contributed by atoms with Crippen molar-refractivity contribution in [3.05, 3.63) is 34.7 Å². The molecule has 0 aliphatic carbocycles. The first kappa shape index (κ1) is 12.3. The number of hydrogen-bond acceptors (Lipinski definition) is 4. The van der Waals surface area contributed by atoms with Crippen molar-refractivity contribution in [2.75, 3.05) is 18.4 Å². The van der Waals surface area contributed by atoms with Crippen LogP contribution in [0.25, 0.3) is 11.3 Å². The van der Waals surface area contributed by atoms with Crippen molar-refractivity contribution in [1.82, 2.24) is 10.3 Å². The van der Waals surface area contributed by atoms with Gasteiger partial charge in [-0.2, -0.15) is 0 Å². The van der Waals surface area contributed by atoms with Gasteiger partial charge in [0.2, 0.25) is 5.91 Å². The zero-order chi connectivity index (χ0) is 13.2. The Morgan fingerprint density at radius 1 is 1.47 bits per heavy atom. The second-order valence-corrected chi connectivity index (χ2v) is 5.74. The van der Waals surface area contributed by atoms with Crippen molar-refractivity contribution < 1.29 is 4.79 Å². The molecule has 98 valence electrons.